The van der Waals surface area contributed by atoms with Crippen LogP contribution in [0.4, 0.5) is 0 Å². The number of unbranched alkanes of at least 4 members (excludes halogenated alkanes) is 1. The van der Waals surface area contributed by atoms with Crippen molar-refractivity contribution < 1.29 is 0 Å². The molecule has 1 nitrogen and oxygen atoms in total. The summed E-state index contributed by atoms with van der Waals surface area (Å²) in [6.07, 6.45) is 3.98. The molecule has 1 heterocycles. The lowest BCUT2D eigenvalue weighted by atomic mass is 10.1. The highest BCUT2D eigenvalue weighted by Crippen LogP contribution is 2.24. The second kappa shape index (κ2) is 8.20. The van der Waals surface area contributed by atoms with E-state index < -0.39 is 0 Å². The van der Waals surface area contributed by atoms with Crippen LogP contribution >= 0.6 is 23.1 Å². The van der Waals surface area contributed by atoms with E-state index in [1.54, 1.807) is 0 Å². The van der Waals surface area contributed by atoms with Gasteiger partial charge in [0.15, 0.2) is 0 Å². The van der Waals surface area contributed by atoms with Crippen molar-refractivity contribution in [2.24, 2.45) is 0 Å². The first-order valence-electron chi connectivity index (χ1n) is 5.72. The van der Waals surface area contributed by atoms with E-state index in [0.29, 0.717) is 6.04 Å². The molecule has 1 rings (SSSR count). The number of nitrogens with one attached hydrogen (secondary N) is 1. The maximum Gasteiger partial charge on any atom is 0.0598 e. The summed E-state index contributed by atoms with van der Waals surface area (Å²) in [7, 11) is 0. The largest absolute Gasteiger partial charge is 0.315 e. The van der Waals surface area contributed by atoms with Crippen molar-refractivity contribution in [2.45, 2.75) is 43.4 Å². The van der Waals surface area contributed by atoms with Crippen LogP contribution in [-0.4, -0.2) is 18.3 Å². The van der Waals surface area contributed by atoms with Gasteiger partial charge in [0, 0.05) is 6.04 Å². The minimum Gasteiger partial charge on any atom is -0.315 e. The molecule has 0 bridgehead atoms. The minimum atomic E-state index is 0.682. The van der Waals surface area contributed by atoms with E-state index in [1.165, 1.54) is 29.2 Å². The summed E-state index contributed by atoms with van der Waals surface area (Å²) in [6.45, 7) is 5.53. The molecule has 0 aromatic carbocycles. The van der Waals surface area contributed by atoms with Crippen LogP contribution in [0.5, 0.6) is 0 Å². The molecule has 0 spiro atoms. The van der Waals surface area contributed by atoms with Crippen molar-refractivity contribution >= 4 is 23.1 Å². The number of hydrogen-bond acceptors (Lipinski definition) is 3. The van der Waals surface area contributed by atoms with E-state index in [-0.39, 0.29) is 0 Å². The molecule has 0 saturated carbocycles. The summed E-state index contributed by atoms with van der Waals surface area (Å²) in [5.74, 6) is 1.26. The van der Waals surface area contributed by atoms with Crippen LogP contribution in [0.3, 0.4) is 0 Å². The summed E-state index contributed by atoms with van der Waals surface area (Å²) in [5.41, 5.74) is 0. The maximum absolute atomic E-state index is 3.45. The quantitative estimate of drug-likeness (QED) is 0.547. The van der Waals surface area contributed by atoms with Crippen molar-refractivity contribution in [1.29, 1.82) is 0 Å². The first-order chi connectivity index (χ1) is 7.33. The van der Waals surface area contributed by atoms with Gasteiger partial charge in [-0.05, 0) is 43.5 Å². The highest BCUT2D eigenvalue weighted by molar-refractivity contribution is 8.01. The van der Waals surface area contributed by atoms with Crippen LogP contribution in [0.15, 0.2) is 21.7 Å². The number of thiophene rings is 1. The molecule has 0 radical (unpaired) electrons. The summed E-state index contributed by atoms with van der Waals surface area (Å²) in [4.78, 5) is 0. The van der Waals surface area contributed by atoms with Crippen LogP contribution in [0.1, 0.15) is 33.1 Å². The molecule has 86 valence electrons. The van der Waals surface area contributed by atoms with Crippen molar-refractivity contribution in [3.8, 4) is 0 Å². The Morgan fingerprint density at radius 2 is 2.33 bits per heavy atom. The van der Waals surface area contributed by atoms with Gasteiger partial charge in [-0.25, -0.2) is 0 Å². The third-order valence-corrected chi connectivity index (χ3v) is 4.54. The predicted octanol–water partition coefficient (Wildman–Crippen LogP) is 4.01. The highest BCUT2D eigenvalue weighted by atomic mass is 32.2. The van der Waals surface area contributed by atoms with E-state index in [0.717, 1.165) is 6.54 Å². The van der Waals surface area contributed by atoms with Crippen LogP contribution < -0.4 is 5.32 Å². The Balaban J connectivity index is 1.93. The van der Waals surface area contributed by atoms with Crippen molar-refractivity contribution in [2.75, 3.05) is 12.3 Å². The fourth-order valence-corrected chi connectivity index (χ4v) is 3.38. The van der Waals surface area contributed by atoms with E-state index in [4.69, 9.17) is 0 Å². The summed E-state index contributed by atoms with van der Waals surface area (Å²) in [5, 5.41) is 5.59. The molecule has 15 heavy (non-hydrogen) atoms. The zero-order chi connectivity index (χ0) is 10.9. The third-order valence-electron chi connectivity index (χ3n) is 2.32. The average Bonchev–Trinajstić information content (AvgIpc) is 2.70. The van der Waals surface area contributed by atoms with Gasteiger partial charge in [0.1, 0.15) is 0 Å². The van der Waals surface area contributed by atoms with Gasteiger partial charge in [-0.1, -0.05) is 19.4 Å². The molecule has 0 aliphatic rings. The van der Waals surface area contributed by atoms with Crippen LogP contribution in [0.25, 0.3) is 0 Å². The SMILES string of the molecule is CCNC(C)CCCCSc1cccs1. The maximum atomic E-state index is 3.45. The van der Waals surface area contributed by atoms with Gasteiger partial charge < -0.3 is 5.32 Å². The zero-order valence-corrected chi connectivity index (χ0v) is 11.3. The topological polar surface area (TPSA) is 12.0 Å². The fraction of sp³-hybridized carbons (Fsp3) is 0.667. The molecule has 0 amide bonds. The monoisotopic (exact) mass is 243 g/mol. The van der Waals surface area contributed by atoms with E-state index >= 15 is 0 Å². The van der Waals surface area contributed by atoms with E-state index in [2.05, 4.69) is 36.7 Å². The second-order valence-electron chi connectivity index (χ2n) is 3.74. The molecule has 0 fully saturated rings. The molecule has 0 saturated heterocycles. The second-order valence-corrected chi connectivity index (χ2v) is 6.08. The smallest absolute Gasteiger partial charge is 0.0598 e. The number of hydrogen-bond donors (Lipinski definition) is 1. The van der Waals surface area contributed by atoms with Gasteiger partial charge in [0.25, 0.3) is 0 Å². The summed E-state index contributed by atoms with van der Waals surface area (Å²) >= 11 is 3.84. The lowest BCUT2D eigenvalue weighted by molar-refractivity contribution is 0.510. The van der Waals surface area contributed by atoms with Gasteiger partial charge in [0.05, 0.1) is 4.21 Å². The van der Waals surface area contributed by atoms with E-state index in [1.807, 2.05) is 23.1 Å². The van der Waals surface area contributed by atoms with Gasteiger partial charge in [-0.2, -0.15) is 0 Å². The van der Waals surface area contributed by atoms with Gasteiger partial charge >= 0.3 is 0 Å². The van der Waals surface area contributed by atoms with Crippen molar-refractivity contribution in [3.63, 3.8) is 0 Å². The molecule has 0 aliphatic heterocycles. The van der Waals surface area contributed by atoms with Crippen molar-refractivity contribution in [1.82, 2.24) is 5.32 Å². The van der Waals surface area contributed by atoms with Crippen molar-refractivity contribution in [3.05, 3.63) is 17.5 Å². The molecular formula is C12H21NS2. The standard InChI is InChI=1S/C12H21NS2/c1-3-13-11(2)7-4-5-9-14-12-8-6-10-15-12/h6,8,10-11,13H,3-5,7,9H2,1-2H3. The lowest BCUT2D eigenvalue weighted by Gasteiger charge is -2.11. The normalized spacial score (nSPS) is 12.9. The van der Waals surface area contributed by atoms with Gasteiger partial charge in [-0.3, -0.25) is 0 Å². The number of thioether (sulfide) groups is 1. The molecule has 3 heteroatoms. The zero-order valence-electron chi connectivity index (χ0n) is 9.66. The Hall–Kier alpha value is 0.01000. The average molecular weight is 243 g/mol. The highest BCUT2D eigenvalue weighted by Gasteiger charge is 1.99. The minimum absolute atomic E-state index is 0.682. The first-order valence-corrected chi connectivity index (χ1v) is 7.59. The summed E-state index contributed by atoms with van der Waals surface area (Å²) < 4.78 is 1.45. The Morgan fingerprint density at radius 3 is 3.00 bits per heavy atom. The van der Waals surface area contributed by atoms with Crippen LogP contribution in [0.2, 0.25) is 0 Å². The molecule has 1 aromatic rings. The third kappa shape index (κ3) is 6.23. The molecule has 1 atom stereocenters. The van der Waals surface area contributed by atoms with Gasteiger partial charge in [0.2, 0.25) is 0 Å². The first kappa shape index (κ1) is 13.1. The summed E-state index contributed by atoms with van der Waals surface area (Å²) in [6, 6.07) is 5.01. The molecule has 1 N–H and O–H groups in total. The lowest BCUT2D eigenvalue weighted by Crippen LogP contribution is -2.25. The Bertz CT molecular complexity index is 234. The Morgan fingerprint density at radius 1 is 1.47 bits per heavy atom. The Kier molecular flexibility index (Phi) is 7.14. The van der Waals surface area contributed by atoms with Crippen LogP contribution in [-0.2, 0) is 0 Å². The molecule has 1 aromatic heterocycles. The fourth-order valence-electron chi connectivity index (χ4n) is 1.52. The number of rotatable bonds is 8. The van der Waals surface area contributed by atoms with E-state index in [9.17, 15) is 0 Å². The molecule has 0 aliphatic carbocycles. The predicted molar refractivity (Wildman–Crippen MR) is 72.0 cm³/mol. The Labute approximate surface area is 102 Å². The molecule has 1 unspecified atom stereocenters. The van der Waals surface area contributed by atoms with Crippen LogP contribution in [0, 0.1) is 0 Å². The van der Waals surface area contributed by atoms with Gasteiger partial charge in [-0.15, -0.1) is 23.1 Å². The molecular weight excluding hydrogens is 222 g/mol.